The molecule has 56 valence electrons. The molecule has 0 bridgehead atoms. The van der Waals surface area contributed by atoms with Crippen LogP contribution in [-0.4, -0.2) is 11.9 Å². The van der Waals surface area contributed by atoms with Crippen LogP contribution in [0, 0.1) is 5.41 Å². The maximum Gasteiger partial charge on any atom is 0.228 e. The van der Waals surface area contributed by atoms with Crippen molar-refractivity contribution >= 4 is 5.91 Å². The van der Waals surface area contributed by atoms with Crippen molar-refractivity contribution in [2.75, 3.05) is 0 Å². The van der Waals surface area contributed by atoms with Gasteiger partial charge >= 0.3 is 0 Å². The van der Waals surface area contributed by atoms with Crippen molar-refractivity contribution in [3.63, 3.8) is 0 Å². The van der Waals surface area contributed by atoms with Crippen molar-refractivity contribution in [1.29, 1.82) is 0 Å². The lowest BCUT2D eigenvalue weighted by Gasteiger charge is -2.42. The minimum Gasteiger partial charge on any atom is -0.348 e. The monoisotopic (exact) mass is 139 g/mol. The van der Waals surface area contributed by atoms with Crippen LogP contribution in [0.2, 0.25) is 0 Å². The van der Waals surface area contributed by atoms with Crippen molar-refractivity contribution in [3.8, 4) is 0 Å². The Morgan fingerprint density at radius 3 is 2.50 bits per heavy atom. The fourth-order valence-electron chi connectivity index (χ4n) is 1.05. The molecule has 1 amide bonds. The van der Waals surface area contributed by atoms with E-state index >= 15 is 0 Å². The highest BCUT2D eigenvalue weighted by Crippen LogP contribution is 2.29. The van der Waals surface area contributed by atoms with E-state index in [-0.39, 0.29) is 17.4 Å². The molecule has 0 spiro atoms. The fourth-order valence-corrected chi connectivity index (χ4v) is 1.05. The Morgan fingerprint density at radius 2 is 2.20 bits per heavy atom. The first-order valence-corrected chi connectivity index (χ1v) is 3.53. The third-order valence-corrected chi connectivity index (χ3v) is 2.03. The smallest absolute Gasteiger partial charge is 0.228 e. The molecule has 2 nitrogen and oxygen atoms in total. The van der Waals surface area contributed by atoms with Gasteiger partial charge in [-0.2, -0.15) is 0 Å². The van der Waals surface area contributed by atoms with Gasteiger partial charge in [-0.25, -0.2) is 0 Å². The van der Waals surface area contributed by atoms with Crippen LogP contribution in [0.15, 0.2) is 12.2 Å². The predicted molar refractivity (Wildman–Crippen MR) is 40.5 cm³/mol. The number of β-lactam (4-membered cyclic amide) rings is 1. The Morgan fingerprint density at radius 1 is 1.60 bits per heavy atom. The van der Waals surface area contributed by atoms with Gasteiger partial charge in [-0.15, -0.1) is 0 Å². The van der Waals surface area contributed by atoms with Crippen LogP contribution in [0.5, 0.6) is 0 Å². The van der Waals surface area contributed by atoms with Gasteiger partial charge in [0.1, 0.15) is 0 Å². The molecular formula is C8H13NO. The van der Waals surface area contributed by atoms with Crippen LogP contribution in [0.25, 0.3) is 0 Å². The van der Waals surface area contributed by atoms with Gasteiger partial charge < -0.3 is 5.32 Å². The molecule has 1 atom stereocenters. The summed E-state index contributed by atoms with van der Waals surface area (Å²) in [4.78, 5) is 10.9. The van der Waals surface area contributed by atoms with Crippen molar-refractivity contribution in [1.82, 2.24) is 5.32 Å². The van der Waals surface area contributed by atoms with Crippen LogP contribution < -0.4 is 5.32 Å². The molecule has 1 heterocycles. The van der Waals surface area contributed by atoms with Crippen LogP contribution in [0.4, 0.5) is 0 Å². The average Bonchev–Trinajstić information content (AvgIpc) is 1.88. The number of rotatable bonds is 1. The van der Waals surface area contributed by atoms with E-state index in [1.54, 1.807) is 0 Å². The van der Waals surface area contributed by atoms with Crippen LogP contribution in [-0.2, 0) is 4.79 Å². The van der Waals surface area contributed by atoms with E-state index in [9.17, 15) is 4.79 Å². The molecule has 1 aliphatic rings. The molecule has 1 fully saturated rings. The zero-order valence-corrected chi connectivity index (χ0v) is 6.64. The first-order valence-electron chi connectivity index (χ1n) is 3.53. The van der Waals surface area contributed by atoms with Gasteiger partial charge in [0.15, 0.2) is 0 Å². The summed E-state index contributed by atoms with van der Waals surface area (Å²) in [5.41, 5.74) is -0.188. The first kappa shape index (κ1) is 7.32. The van der Waals surface area contributed by atoms with E-state index in [1.165, 1.54) is 0 Å². The molecule has 1 aliphatic heterocycles. The summed E-state index contributed by atoms with van der Waals surface area (Å²) in [7, 11) is 0. The minimum atomic E-state index is -0.188. The van der Waals surface area contributed by atoms with E-state index in [0.29, 0.717) is 0 Å². The molecular weight excluding hydrogens is 126 g/mol. The molecule has 1 saturated heterocycles. The molecule has 1 unspecified atom stereocenters. The molecule has 2 heteroatoms. The largest absolute Gasteiger partial charge is 0.348 e. The number of carbonyl (C=O) groups is 1. The first-order chi connectivity index (χ1) is 4.59. The van der Waals surface area contributed by atoms with Crippen molar-refractivity contribution in [3.05, 3.63) is 12.2 Å². The van der Waals surface area contributed by atoms with Crippen LogP contribution in [0.3, 0.4) is 0 Å². The molecule has 0 saturated carbocycles. The van der Waals surface area contributed by atoms with Gasteiger partial charge in [-0.1, -0.05) is 12.2 Å². The minimum absolute atomic E-state index is 0.149. The van der Waals surface area contributed by atoms with E-state index in [2.05, 4.69) is 5.32 Å². The van der Waals surface area contributed by atoms with Crippen molar-refractivity contribution < 1.29 is 4.79 Å². The second-order valence-corrected chi connectivity index (χ2v) is 3.20. The number of allylic oxidation sites excluding steroid dienone is 1. The quantitative estimate of drug-likeness (QED) is 0.427. The molecule has 0 radical (unpaired) electrons. The number of hydrogen-bond donors (Lipinski definition) is 1. The van der Waals surface area contributed by atoms with E-state index in [0.717, 1.165) is 0 Å². The lowest BCUT2D eigenvalue weighted by atomic mass is 9.76. The molecule has 1 N–H and O–H groups in total. The lowest BCUT2D eigenvalue weighted by molar-refractivity contribution is -0.140. The molecule has 1 rings (SSSR count). The molecule has 0 aromatic heterocycles. The standard InChI is InChI=1S/C8H13NO/c1-4-5-6-8(2,3)7(10)9-6/h4-6H,1-3H3,(H,9,10)/b5-4+. The topological polar surface area (TPSA) is 29.1 Å². The summed E-state index contributed by atoms with van der Waals surface area (Å²) in [6, 6.07) is 0.241. The highest BCUT2D eigenvalue weighted by molar-refractivity contribution is 5.89. The Labute approximate surface area is 61.3 Å². The van der Waals surface area contributed by atoms with E-state index in [1.807, 2.05) is 32.9 Å². The SMILES string of the molecule is C/C=C/C1NC(=O)C1(C)C. The maximum atomic E-state index is 10.9. The van der Waals surface area contributed by atoms with Gasteiger partial charge in [0.25, 0.3) is 0 Å². The summed E-state index contributed by atoms with van der Waals surface area (Å²) in [5, 5.41) is 2.81. The molecule has 10 heavy (non-hydrogen) atoms. The Bertz CT molecular complexity index is 182. The summed E-state index contributed by atoms with van der Waals surface area (Å²) in [6.07, 6.45) is 3.98. The highest BCUT2D eigenvalue weighted by atomic mass is 16.2. The second kappa shape index (κ2) is 2.11. The fraction of sp³-hybridized carbons (Fsp3) is 0.625. The lowest BCUT2D eigenvalue weighted by Crippen LogP contribution is -2.63. The summed E-state index contributed by atoms with van der Waals surface area (Å²) >= 11 is 0. The second-order valence-electron chi connectivity index (χ2n) is 3.20. The third kappa shape index (κ3) is 0.838. The van der Waals surface area contributed by atoms with Gasteiger partial charge in [0, 0.05) is 0 Å². The number of hydrogen-bond acceptors (Lipinski definition) is 1. The van der Waals surface area contributed by atoms with Gasteiger partial charge in [-0.05, 0) is 20.8 Å². The zero-order valence-electron chi connectivity index (χ0n) is 6.64. The Kier molecular flexibility index (Phi) is 1.55. The van der Waals surface area contributed by atoms with Crippen molar-refractivity contribution in [2.45, 2.75) is 26.8 Å². The van der Waals surface area contributed by atoms with Gasteiger partial charge in [0.2, 0.25) is 5.91 Å². The molecule has 0 aromatic carbocycles. The van der Waals surface area contributed by atoms with E-state index < -0.39 is 0 Å². The Hall–Kier alpha value is -0.790. The summed E-state index contributed by atoms with van der Waals surface area (Å²) in [6.45, 7) is 5.87. The molecule has 0 aliphatic carbocycles. The summed E-state index contributed by atoms with van der Waals surface area (Å²) in [5.74, 6) is 0.149. The third-order valence-electron chi connectivity index (χ3n) is 2.03. The maximum absolute atomic E-state index is 10.9. The predicted octanol–water partition coefficient (Wildman–Crippen LogP) is 1.09. The van der Waals surface area contributed by atoms with Crippen molar-refractivity contribution in [2.24, 2.45) is 5.41 Å². The van der Waals surface area contributed by atoms with Crippen LogP contribution >= 0.6 is 0 Å². The van der Waals surface area contributed by atoms with E-state index in [4.69, 9.17) is 0 Å². The van der Waals surface area contributed by atoms with Gasteiger partial charge in [0.05, 0.1) is 11.5 Å². The molecule has 0 aromatic rings. The van der Waals surface area contributed by atoms with Gasteiger partial charge in [-0.3, -0.25) is 4.79 Å². The Balaban J connectivity index is 2.63. The zero-order chi connectivity index (χ0) is 7.78. The highest BCUT2D eigenvalue weighted by Gasteiger charge is 2.45. The average molecular weight is 139 g/mol. The number of amides is 1. The normalized spacial score (nSPS) is 29.9. The van der Waals surface area contributed by atoms with Crippen LogP contribution in [0.1, 0.15) is 20.8 Å². The summed E-state index contributed by atoms with van der Waals surface area (Å²) < 4.78 is 0. The number of carbonyl (C=O) groups excluding carboxylic acids is 1. The number of nitrogens with one attached hydrogen (secondary N) is 1.